The van der Waals surface area contributed by atoms with Gasteiger partial charge < -0.3 is 15.2 Å². The Balaban J connectivity index is 1.65. The highest BCUT2D eigenvalue weighted by Crippen LogP contribution is 2.28. The van der Waals surface area contributed by atoms with E-state index in [9.17, 15) is 5.11 Å². The largest absolute Gasteiger partial charge is 0.487 e. The molecule has 3 rings (SSSR count). The molecule has 2 atom stereocenters. The Morgan fingerprint density at radius 2 is 2.00 bits per heavy atom. The van der Waals surface area contributed by atoms with Crippen molar-refractivity contribution in [2.75, 3.05) is 0 Å². The van der Waals surface area contributed by atoms with Gasteiger partial charge in [0.2, 0.25) is 0 Å². The Labute approximate surface area is 108 Å². The van der Waals surface area contributed by atoms with Crippen molar-refractivity contribution < 1.29 is 9.84 Å². The minimum absolute atomic E-state index is 0.0212. The van der Waals surface area contributed by atoms with E-state index >= 15 is 0 Å². The number of hydrogen-bond acceptors (Lipinski definition) is 3. The molecule has 2 aliphatic rings. The molecular weight excluding hydrogens is 226 g/mol. The van der Waals surface area contributed by atoms with Crippen LogP contribution in [0.5, 0.6) is 5.75 Å². The summed E-state index contributed by atoms with van der Waals surface area (Å²) < 4.78 is 5.98. The van der Waals surface area contributed by atoms with Crippen molar-refractivity contribution in [3.8, 4) is 5.75 Å². The van der Waals surface area contributed by atoms with Gasteiger partial charge in [-0.3, -0.25) is 0 Å². The second-order valence-electron chi connectivity index (χ2n) is 5.42. The molecular formula is C15H21NO2. The average Bonchev–Trinajstić information content (AvgIpc) is 3.13. The molecule has 0 saturated heterocycles. The number of benzene rings is 1. The predicted molar refractivity (Wildman–Crippen MR) is 70.6 cm³/mol. The van der Waals surface area contributed by atoms with E-state index < -0.39 is 0 Å². The first-order chi connectivity index (χ1) is 8.83. The number of aliphatic hydroxyl groups excluding tert-OH is 1. The zero-order valence-electron chi connectivity index (χ0n) is 10.6. The van der Waals surface area contributed by atoms with Gasteiger partial charge in [-0.25, -0.2) is 0 Å². The molecule has 0 amide bonds. The molecule has 2 saturated carbocycles. The SMILES string of the molecule is OC1CCCC1Oc1ccccc1CNC1CC1. The zero-order valence-corrected chi connectivity index (χ0v) is 10.6. The van der Waals surface area contributed by atoms with Gasteiger partial charge in [0.25, 0.3) is 0 Å². The Morgan fingerprint density at radius 1 is 1.17 bits per heavy atom. The molecule has 98 valence electrons. The van der Waals surface area contributed by atoms with Crippen molar-refractivity contribution in [2.24, 2.45) is 0 Å². The molecule has 3 nitrogen and oxygen atoms in total. The van der Waals surface area contributed by atoms with Crippen molar-refractivity contribution in [3.05, 3.63) is 29.8 Å². The van der Waals surface area contributed by atoms with Gasteiger partial charge in [-0.2, -0.15) is 0 Å². The first-order valence-electron chi connectivity index (χ1n) is 6.99. The number of ether oxygens (including phenoxy) is 1. The molecule has 2 aliphatic carbocycles. The van der Waals surface area contributed by atoms with Gasteiger partial charge in [-0.05, 0) is 38.2 Å². The van der Waals surface area contributed by atoms with E-state index in [0.717, 1.165) is 31.6 Å². The van der Waals surface area contributed by atoms with E-state index in [1.165, 1.54) is 18.4 Å². The first-order valence-corrected chi connectivity index (χ1v) is 6.99. The third kappa shape index (κ3) is 2.85. The normalized spacial score (nSPS) is 27.4. The summed E-state index contributed by atoms with van der Waals surface area (Å²) >= 11 is 0. The first kappa shape index (κ1) is 12.0. The lowest BCUT2D eigenvalue weighted by Gasteiger charge is -2.19. The van der Waals surface area contributed by atoms with Crippen LogP contribution in [0.3, 0.4) is 0 Å². The van der Waals surface area contributed by atoms with E-state index in [2.05, 4.69) is 11.4 Å². The minimum Gasteiger partial charge on any atom is -0.487 e. The molecule has 2 fully saturated rings. The summed E-state index contributed by atoms with van der Waals surface area (Å²) in [5.41, 5.74) is 1.20. The van der Waals surface area contributed by atoms with Crippen LogP contribution >= 0.6 is 0 Å². The van der Waals surface area contributed by atoms with Crippen LogP contribution in [0, 0.1) is 0 Å². The summed E-state index contributed by atoms with van der Waals surface area (Å²) in [6.07, 6.45) is 5.17. The highest BCUT2D eigenvalue weighted by molar-refractivity contribution is 5.33. The fourth-order valence-electron chi connectivity index (χ4n) is 2.51. The predicted octanol–water partition coefficient (Wildman–Crippen LogP) is 2.23. The van der Waals surface area contributed by atoms with Crippen LogP contribution in [0.4, 0.5) is 0 Å². The van der Waals surface area contributed by atoms with Gasteiger partial charge >= 0.3 is 0 Å². The number of nitrogens with one attached hydrogen (secondary N) is 1. The number of hydrogen-bond donors (Lipinski definition) is 2. The standard InChI is InChI=1S/C15H21NO2/c17-13-5-3-7-15(13)18-14-6-2-1-4-11(14)10-16-12-8-9-12/h1-2,4,6,12-13,15-17H,3,5,7-10H2. The van der Waals surface area contributed by atoms with Crippen LogP contribution in [-0.2, 0) is 6.54 Å². The van der Waals surface area contributed by atoms with E-state index in [-0.39, 0.29) is 12.2 Å². The third-order valence-corrected chi connectivity index (χ3v) is 3.83. The van der Waals surface area contributed by atoms with Crippen LogP contribution < -0.4 is 10.1 Å². The Morgan fingerprint density at radius 3 is 2.72 bits per heavy atom. The van der Waals surface area contributed by atoms with Gasteiger partial charge in [-0.1, -0.05) is 18.2 Å². The van der Waals surface area contributed by atoms with Crippen LogP contribution in [0.15, 0.2) is 24.3 Å². The lowest BCUT2D eigenvalue weighted by Crippen LogP contribution is -2.26. The molecule has 0 bridgehead atoms. The van der Waals surface area contributed by atoms with Gasteiger partial charge in [0.15, 0.2) is 0 Å². The molecule has 0 radical (unpaired) electrons. The molecule has 0 aliphatic heterocycles. The van der Waals surface area contributed by atoms with Gasteiger partial charge in [0, 0.05) is 18.2 Å². The lowest BCUT2D eigenvalue weighted by atomic mass is 10.2. The Bertz CT molecular complexity index is 403. The maximum Gasteiger partial charge on any atom is 0.124 e. The van der Waals surface area contributed by atoms with E-state index in [1.54, 1.807) is 0 Å². The molecule has 0 aromatic heterocycles. The monoisotopic (exact) mass is 247 g/mol. The molecule has 18 heavy (non-hydrogen) atoms. The van der Waals surface area contributed by atoms with Crippen molar-refractivity contribution in [1.29, 1.82) is 0 Å². The summed E-state index contributed by atoms with van der Waals surface area (Å²) in [4.78, 5) is 0. The molecule has 2 N–H and O–H groups in total. The summed E-state index contributed by atoms with van der Waals surface area (Å²) in [6.45, 7) is 0.865. The Hall–Kier alpha value is -1.06. The maximum absolute atomic E-state index is 9.83. The van der Waals surface area contributed by atoms with E-state index in [4.69, 9.17) is 4.74 Å². The second kappa shape index (κ2) is 5.29. The van der Waals surface area contributed by atoms with Gasteiger partial charge in [-0.15, -0.1) is 0 Å². The van der Waals surface area contributed by atoms with Crippen molar-refractivity contribution in [3.63, 3.8) is 0 Å². The van der Waals surface area contributed by atoms with Gasteiger partial charge in [0.05, 0.1) is 6.10 Å². The topological polar surface area (TPSA) is 41.5 Å². The lowest BCUT2D eigenvalue weighted by molar-refractivity contribution is 0.0597. The van der Waals surface area contributed by atoms with Crippen LogP contribution in [-0.4, -0.2) is 23.4 Å². The third-order valence-electron chi connectivity index (χ3n) is 3.83. The molecule has 1 aromatic rings. The molecule has 0 heterocycles. The van der Waals surface area contributed by atoms with Crippen molar-refractivity contribution in [2.45, 2.75) is 56.9 Å². The van der Waals surface area contributed by atoms with Crippen LogP contribution in [0.25, 0.3) is 0 Å². The Kier molecular flexibility index (Phi) is 3.52. The second-order valence-corrected chi connectivity index (χ2v) is 5.42. The summed E-state index contributed by atoms with van der Waals surface area (Å²) in [5.74, 6) is 0.927. The summed E-state index contributed by atoms with van der Waals surface area (Å²) in [5, 5.41) is 13.3. The average molecular weight is 247 g/mol. The van der Waals surface area contributed by atoms with Crippen molar-refractivity contribution >= 4 is 0 Å². The maximum atomic E-state index is 9.83. The molecule has 3 heteroatoms. The quantitative estimate of drug-likeness (QED) is 0.838. The molecule has 0 spiro atoms. The number of rotatable bonds is 5. The van der Waals surface area contributed by atoms with Gasteiger partial charge in [0.1, 0.15) is 11.9 Å². The van der Waals surface area contributed by atoms with Crippen molar-refractivity contribution in [1.82, 2.24) is 5.32 Å². The summed E-state index contributed by atoms with van der Waals surface area (Å²) in [7, 11) is 0. The summed E-state index contributed by atoms with van der Waals surface area (Å²) in [6, 6.07) is 8.86. The zero-order chi connectivity index (χ0) is 12.4. The highest BCUT2D eigenvalue weighted by atomic mass is 16.5. The van der Waals surface area contributed by atoms with E-state index in [1.807, 2.05) is 18.2 Å². The number of aliphatic hydroxyl groups is 1. The van der Waals surface area contributed by atoms with E-state index in [0.29, 0.717) is 6.04 Å². The fraction of sp³-hybridized carbons (Fsp3) is 0.600. The number of para-hydroxylation sites is 1. The molecule has 2 unspecified atom stereocenters. The minimum atomic E-state index is -0.297. The van der Waals surface area contributed by atoms with Crippen LogP contribution in [0.1, 0.15) is 37.7 Å². The fourth-order valence-corrected chi connectivity index (χ4v) is 2.51. The smallest absolute Gasteiger partial charge is 0.124 e. The highest BCUT2D eigenvalue weighted by Gasteiger charge is 2.27. The molecule has 1 aromatic carbocycles. The van der Waals surface area contributed by atoms with Crippen LogP contribution in [0.2, 0.25) is 0 Å².